The number of hydrogen-bond donors (Lipinski definition) is 2. The predicted octanol–water partition coefficient (Wildman–Crippen LogP) is 3.37. The number of urea groups is 1. The van der Waals surface area contributed by atoms with Gasteiger partial charge in [0.15, 0.2) is 0 Å². The third-order valence-corrected chi connectivity index (χ3v) is 3.45. The second-order valence-electron chi connectivity index (χ2n) is 5.20. The molecule has 0 saturated carbocycles. The average Bonchev–Trinajstić information content (AvgIpc) is 2.46. The molecule has 20 heavy (non-hydrogen) atoms. The first-order valence-electron chi connectivity index (χ1n) is 7.23. The van der Waals surface area contributed by atoms with E-state index in [1.807, 2.05) is 30.3 Å². The van der Waals surface area contributed by atoms with Crippen LogP contribution in [0.15, 0.2) is 36.9 Å². The molecule has 1 aliphatic rings. The molecule has 1 aromatic rings. The molecule has 1 unspecified atom stereocenters. The van der Waals surface area contributed by atoms with Gasteiger partial charge >= 0.3 is 6.03 Å². The van der Waals surface area contributed by atoms with Gasteiger partial charge in [-0.3, -0.25) is 4.90 Å². The van der Waals surface area contributed by atoms with E-state index in [2.05, 4.69) is 24.1 Å². The molecule has 1 aliphatic heterocycles. The summed E-state index contributed by atoms with van der Waals surface area (Å²) >= 11 is 0. The summed E-state index contributed by atoms with van der Waals surface area (Å²) in [5.74, 6) is 0. The SMILES string of the molecule is C=CCCC(C)Nc1cccc(N2CCCNC2=O)c1. The van der Waals surface area contributed by atoms with Crippen LogP contribution >= 0.6 is 0 Å². The van der Waals surface area contributed by atoms with Crippen LogP contribution in [0.1, 0.15) is 26.2 Å². The summed E-state index contributed by atoms with van der Waals surface area (Å²) in [5, 5.41) is 6.34. The van der Waals surface area contributed by atoms with E-state index in [0.29, 0.717) is 6.04 Å². The molecule has 1 saturated heterocycles. The summed E-state index contributed by atoms with van der Waals surface area (Å²) in [6.45, 7) is 7.45. The Hall–Kier alpha value is -1.97. The molecular formula is C16H23N3O. The predicted molar refractivity (Wildman–Crippen MR) is 84.3 cm³/mol. The number of nitrogens with zero attached hydrogens (tertiary/aromatic N) is 1. The van der Waals surface area contributed by atoms with Gasteiger partial charge in [-0.05, 0) is 44.4 Å². The smallest absolute Gasteiger partial charge is 0.321 e. The van der Waals surface area contributed by atoms with Gasteiger partial charge in [-0.25, -0.2) is 4.79 Å². The van der Waals surface area contributed by atoms with E-state index in [1.54, 1.807) is 4.90 Å². The molecule has 0 radical (unpaired) electrons. The van der Waals surface area contributed by atoms with Gasteiger partial charge in [0.2, 0.25) is 0 Å². The van der Waals surface area contributed by atoms with Gasteiger partial charge in [-0.15, -0.1) is 6.58 Å². The quantitative estimate of drug-likeness (QED) is 0.780. The lowest BCUT2D eigenvalue weighted by atomic mass is 10.1. The number of rotatable bonds is 6. The second-order valence-corrected chi connectivity index (χ2v) is 5.20. The lowest BCUT2D eigenvalue weighted by molar-refractivity contribution is 0.243. The van der Waals surface area contributed by atoms with Crippen molar-refractivity contribution in [1.29, 1.82) is 0 Å². The molecule has 4 heteroatoms. The van der Waals surface area contributed by atoms with Crippen molar-refractivity contribution in [3.63, 3.8) is 0 Å². The Morgan fingerprint density at radius 3 is 3.15 bits per heavy atom. The molecule has 2 N–H and O–H groups in total. The Bertz CT molecular complexity index is 473. The largest absolute Gasteiger partial charge is 0.383 e. The van der Waals surface area contributed by atoms with E-state index < -0.39 is 0 Å². The summed E-state index contributed by atoms with van der Waals surface area (Å²) in [4.78, 5) is 13.6. The summed E-state index contributed by atoms with van der Waals surface area (Å²) in [5.41, 5.74) is 2.00. The maximum absolute atomic E-state index is 11.9. The van der Waals surface area contributed by atoms with Gasteiger partial charge in [0.1, 0.15) is 0 Å². The maximum Gasteiger partial charge on any atom is 0.321 e. The fraction of sp³-hybridized carbons (Fsp3) is 0.438. The highest BCUT2D eigenvalue weighted by Gasteiger charge is 2.19. The van der Waals surface area contributed by atoms with E-state index >= 15 is 0 Å². The van der Waals surface area contributed by atoms with Crippen molar-refractivity contribution in [2.45, 2.75) is 32.2 Å². The zero-order valence-corrected chi connectivity index (χ0v) is 12.1. The number of nitrogens with one attached hydrogen (secondary N) is 2. The van der Waals surface area contributed by atoms with Crippen molar-refractivity contribution in [2.24, 2.45) is 0 Å². The van der Waals surface area contributed by atoms with Crippen LogP contribution in [-0.4, -0.2) is 25.2 Å². The van der Waals surface area contributed by atoms with E-state index in [4.69, 9.17) is 0 Å². The molecule has 0 bridgehead atoms. The van der Waals surface area contributed by atoms with Crippen LogP contribution in [0.2, 0.25) is 0 Å². The topological polar surface area (TPSA) is 44.4 Å². The Balaban J connectivity index is 2.03. The van der Waals surface area contributed by atoms with Crippen LogP contribution < -0.4 is 15.5 Å². The first-order valence-corrected chi connectivity index (χ1v) is 7.23. The lowest BCUT2D eigenvalue weighted by Gasteiger charge is -2.28. The molecule has 0 aromatic heterocycles. The first-order chi connectivity index (χ1) is 9.70. The zero-order chi connectivity index (χ0) is 14.4. The highest BCUT2D eigenvalue weighted by molar-refractivity contribution is 5.93. The zero-order valence-electron chi connectivity index (χ0n) is 12.1. The number of carbonyl (C=O) groups is 1. The number of carbonyl (C=O) groups excluding carboxylic acids is 1. The molecule has 0 spiro atoms. The Morgan fingerprint density at radius 2 is 2.40 bits per heavy atom. The van der Waals surface area contributed by atoms with Gasteiger partial charge < -0.3 is 10.6 Å². The summed E-state index contributed by atoms with van der Waals surface area (Å²) in [6.07, 6.45) is 4.98. The molecule has 0 aliphatic carbocycles. The third kappa shape index (κ3) is 3.76. The van der Waals surface area contributed by atoms with Crippen molar-refractivity contribution in [3.8, 4) is 0 Å². The minimum atomic E-state index is -0.00638. The lowest BCUT2D eigenvalue weighted by Crippen LogP contribution is -2.46. The highest BCUT2D eigenvalue weighted by Crippen LogP contribution is 2.22. The number of benzene rings is 1. The molecule has 1 aromatic carbocycles. The Morgan fingerprint density at radius 1 is 1.55 bits per heavy atom. The first kappa shape index (κ1) is 14.4. The number of anilines is 2. The van der Waals surface area contributed by atoms with E-state index in [1.165, 1.54) is 0 Å². The third-order valence-electron chi connectivity index (χ3n) is 3.45. The maximum atomic E-state index is 11.9. The van der Waals surface area contributed by atoms with Crippen molar-refractivity contribution in [2.75, 3.05) is 23.3 Å². The minimum Gasteiger partial charge on any atom is -0.383 e. The fourth-order valence-corrected chi connectivity index (χ4v) is 2.36. The summed E-state index contributed by atoms with van der Waals surface area (Å²) in [6, 6.07) is 8.42. The summed E-state index contributed by atoms with van der Waals surface area (Å²) in [7, 11) is 0. The van der Waals surface area contributed by atoms with Crippen LogP contribution in [0.5, 0.6) is 0 Å². The molecule has 2 rings (SSSR count). The minimum absolute atomic E-state index is 0.00638. The van der Waals surface area contributed by atoms with Crippen LogP contribution in [0.4, 0.5) is 16.2 Å². The number of hydrogen-bond acceptors (Lipinski definition) is 2. The summed E-state index contributed by atoms with van der Waals surface area (Å²) < 4.78 is 0. The molecule has 1 atom stereocenters. The monoisotopic (exact) mass is 273 g/mol. The van der Waals surface area contributed by atoms with Gasteiger partial charge in [-0.1, -0.05) is 12.1 Å². The Labute approximate surface area is 120 Å². The van der Waals surface area contributed by atoms with E-state index in [-0.39, 0.29) is 6.03 Å². The second kappa shape index (κ2) is 6.98. The van der Waals surface area contributed by atoms with Crippen LogP contribution in [0, 0.1) is 0 Å². The molecule has 2 amide bonds. The standard InChI is InChI=1S/C16H23N3O/c1-3-4-7-13(2)18-14-8-5-9-15(12-14)19-11-6-10-17-16(19)20/h3,5,8-9,12-13,18H,1,4,6-7,10-11H2,2H3,(H,17,20). The van der Waals surface area contributed by atoms with E-state index in [9.17, 15) is 4.79 Å². The van der Waals surface area contributed by atoms with Crippen LogP contribution in [0.25, 0.3) is 0 Å². The molecule has 108 valence electrons. The average molecular weight is 273 g/mol. The highest BCUT2D eigenvalue weighted by atomic mass is 16.2. The van der Waals surface area contributed by atoms with Gasteiger partial charge in [0, 0.05) is 30.5 Å². The molecular weight excluding hydrogens is 250 g/mol. The number of amides is 2. The van der Waals surface area contributed by atoms with Crippen molar-refractivity contribution in [1.82, 2.24) is 5.32 Å². The van der Waals surface area contributed by atoms with Gasteiger partial charge in [-0.2, -0.15) is 0 Å². The van der Waals surface area contributed by atoms with E-state index in [0.717, 1.165) is 43.7 Å². The van der Waals surface area contributed by atoms with Crippen molar-refractivity contribution in [3.05, 3.63) is 36.9 Å². The van der Waals surface area contributed by atoms with Crippen molar-refractivity contribution >= 4 is 17.4 Å². The van der Waals surface area contributed by atoms with Crippen LogP contribution in [-0.2, 0) is 0 Å². The number of allylic oxidation sites excluding steroid dienone is 1. The van der Waals surface area contributed by atoms with Crippen molar-refractivity contribution < 1.29 is 4.79 Å². The molecule has 4 nitrogen and oxygen atoms in total. The fourth-order valence-electron chi connectivity index (χ4n) is 2.36. The molecule has 1 fully saturated rings. The van der Waals surface area contributed by atoms with Gasteiger partial charge in [0.25, 0.3) is 0 Å². The normalized spacial score (nSPS) is 16.4. The van der Waals surface area contributed by atoms with Gasteiger partial charge in [0.05, 0.1) is 0 Å². The Kier molecular flexibility index (Phi) is 5.04. The van der Waals surface area contributed by atoms with Crippen LogP contribution in [0.3, 0.4) is 0 Å². The molecule has 1 heterocycles.